The lowest BCUT2D eigenvalue weighted by Gasteiger charge is -2.23. The van der Waals surface area contributed by atoms with E-state index in [9.17, 15) is 0 Å². The van der Waals surface area contributed by atoms with E-state index in [2.05, 4.69) is 10.3 Å². The number of rotatable bonds is 3. The van der Waals surface area contributed by atoms with Crippen LogP contribution in [0.3, 0.4) is 0 Å². The van der Waals surface area contributed by atoms with E-state index in [1.807, 2.05) is 18.2 Å². The van der Waals surface area contributed by atoms with Crippen molar-refractivity contribution in [2.75, 3.05) is 6.79 Å². The van der Waals surface area contributed by atoms with Crippen molar-refractivity contribution >= 4 is 5.96 Å². The van der Waals surface area contributed by atoms with E-state index in [1.165, 1.54) is 32.1 Å². The quantitative estimate of drug-likeness (QED) is 0.655. The Kier molecular flexibility index (Phi) is 3.95. The number of aliphatic imine (C=N–C) groups is 1. The summed E-state index contributed by atoms with van der Waals surface area (Å²) >= 11 is 0. The fourth-order valence-electron chi connectivity index (χ4n) is 2.72. The van der Waals surface area contributed by atoms with Crippen LogP contribution in [0.4, 0.5) is 0 Å². The Balaban J connectivity index is 1.55. The van der Waals surface area contributed by atoms with Crippen molar-refractivity contribution in [3.8, 4) is 11.5 Å². The number of guanidine groups is 1. The Labute approximate surface area is 119 Å². The van der Waals surface area contributed by atoms with Gasteiger partial charge in [0.15, 0.2) is 17.5 Å². The highest BCUT2D eigenvalue weighted by atomic mass is 16.7. The second-order valence-corrected chi connectivity index (χ2v) is 5.37. The lowest BCUT2D eigenvalue weighted by atomic mass is 9.96. The Morgan fingerprint density at radius 3 is 2.85 bits per heavy atom. The maximum atomic E-state index is 5.95. The highest BCUT2D eigenvalue weighted by molar-refractivity contribution is 5.78. The molecule has 2 aliphatic rings. The predicted octanol–water partition coefficient (Wildman–Crippen LogP) is 2.15. The first kappa shape index (κ1) is 13.1. The summed E-state index contributed by atoms with van der Waals surface area (Å²) in [4.78, 5) is 4.40. The molecule has 0 radical (unpaired) electrons. The molecule has 1 aromatic rings. The lowest BCUT2D eigenvalue weighted by Crippen LogP contribution is -2.41. The smallest absolute Gasteiger partial charge is 0.231 e. The molecule has 3 rings (SSSR count). The number of nitrogens with zero attached hydrogens (tertiary/aromatic N) is 1. The molecule has 1 aromatic carbocycles. The molecule has 108 valence electrons. The molecule has 5 heteroatoms. The van der Waals surface area contributed by atoms with Crippen LogP contribution in [0.15, 0.2) is 23.2 Å². The summed E-state index contributed by atoms with van der Waals surface area (Å²) in [6.45, 7) is 0.857. The van der Waals surface area contributed by atoms with Crippen molar-refractivity contribution in [1.82, 2.24) is 5.32 Å². The average Bonchev–Trinajstić information content (AvgIpc) is 2.93. The van der Waals surface area contributed by atoms with E-state index >= 15 is 0 Å². The van der Waals surface area contributed by atoms with Crippen molar-refractivity contribution in [2.45, 2.75) is 44.7 Å². The minimum Gasteiger partial charge on any atom is -0.454 e. The first-order valence-electron chi connectivity index (χ1n) is 7.26. The van der Waals surface area contributed by atoms with Gasteiger partial charge in [-0.15, -0.1) is 0 Å². The number of benzene rings is 1. The van der Waals surface area contributed by atoms with Crippen LogP contribution in [0.5, 0.6) is 11.5 Å². The zero-order valence-electron chi connectivity index (χ0n) is 11.6. The van der Waals surface area contributed by atoms with Gasteiger partial charge in [0.1, 0.15) is 0 Å². The van der Waals surface area contributed by atoms with Crippen LogP contribution in [0, 0.1) is 0 Å². The summed E-state index contributed by atoms with van der Waals surface area (Å²) in [6.07, 6.45) is 6.30. The molecule has 1 fully saturated rings. The summed E-state index contributed by atoms with van der Waals surface area (Å²) < 4.78 is 10.6. The molecule has 5 nitrogen and oxygen atoms in total. The third kappa shape index (κ3) is 3.15. The number of nitrogens with two attached hydrogens (primary N) is 1. The first-order chi connectivity index (χ1) is 9.81. The zero-order valence-corrected chi connectivity index (χ0v) is 11.6. The largest absolute Gasteiger partial charge is 0.454 e. The van der Waals surface area contributed by atoms with Gasteiger partial charge in [-0.3, -0.25) is 0 Å². The minimum atomic E-state index is 0.299. The lowest BCUT2D eigenvalue weighted by molar-refractivity contribution is 0.174. The maximum absolute atomic E-state index is 5.95. The van der Waals surface area contributed by atoms with Gasteiger partial charge < -0.3 is 20.5 Å². The predicted molar refractivity (Wildman–Crippen MR) is 77.9 cm³/mol. The van der Waals surface area contributed by atoms with E-state index in [0.29, 0.717) is 25.3 Å². The van der Waals surface area contributed by atoms with Gasteiger partial charge in [0.25, 0.3) is 0 Å². The van der Waals surface area contributed by atoms with Crippen LogP contribution < -0.4 is 20.5 Å². The number of ether oxygens (including phenoxy) is 2. The summed E-state index contributed by atoms with van der Waals surface area (Å²) in [5, 5.41) is 3.31. The van der Waals surface area contributed by atoms with Crippen LogP contribution in [-0.2, 0) is 6.54 Å². The zero-order chi connectivity index (χ0) is 13.8. The average molecular weight is 275 g/mol. The van der Waals surface area contributed by atoms with Crippen molar-refractivity contribution in [3.63, 3.8) is 0 Å². The van der Waals surface area contributed by atoms with Gasteiger partial charge in [-0.25, -0.2) is 4.99 Å². The Hall–Kier alpha value is -1.91. The molecule has 0 aromatic heterocycles. The van der Waals surface area contributed by atoms with Gasteiger partial charge in [0.05, 0.1) is 6.54 Å². The molecule has 0 saturated heterocycles. The van der Waals surface area contributed by atoms with Crippen LogP contribution in [0.2, 0.25) is 0 Å². The maximum Gasteiger partial charge on any atom is 0.231 e. The SMILES string of the molecule is NC(=NCc1ccc2c(c1)OCO2)NC1CCCCC1. The fourth-order valence-corrected chi connectivity index (χ4v) is 2.72. The molecule has 0 atom stereocenters. The molecule has 1 aliphatic carbocycles. The van der Waals surface area contributed by atoms with Crippen LogP contribution in [0.1, 0.15) is 37.7 Å². The van der Waals surface area contributed by atoms with Crippen molar-refractivity contribution in [3.05, 3.63) is 23.8 Å². The molecule has 0 bridgehead atoms. The Morgan fingerprint density at radius 2 is 2.00 bits per heavy atom. The van der Waals surface area contributed by atoms with Crippen LogP contribution in [0.25, 0.3) is 0 Å². The van der Waals surface area contributed by atoms with Gasteiger partial charge in [0.2, 0.25) is 6.79 Å². The van der Waals surface area contributed by atoms with E-state index in [4.69, 9.17) is 15.2 Å². The van der Waals surface area contributed by atoms with E-state index in [1.54, 1.807) is 0 Å². The van der Waals surface area contributed by atoms with Gasteiger partial charge in [-0.2, -0.15) is 0 Å². The Bertz CT molecular complexity index is 496. The number of nitrogens with one attached hydrogen (secondary N) is 1. The summed E-state index contributed by atoms with van der Waals surface area (Å²) in [7, 11) is 0. The number of hydrogen-bond donors (Lipinski definition) is 2. The third-order valence-corrected chi connectivity index (χ3v) is 3.83. The summed E-state index contributed by atoms with van der Waals surface area (Å²) in [6, 6.07) is 6.35. The van der Waals surface area contributed by atoms with Gasteiger partial charge >= 0.3 is 0 Å². The summed E-state index contributed by atoms with van der Waals surface area (Å²) in [5.41, 5.74) is 7.02. The standard InChI is InChI=1S/C15H21N3O2/c16-15(18-12-4-2-1-3-5-12)17-9-11-6-7-13-14(8-11)20-10-19-13/h6-8,12H,1-5,9-10H2,(H3,16,17,18). The second kappa shape index (κ2) is 6.03. The van der Waals surface area contributed by atoms with Crippen molar-refractivity contribution in [2.24, 2.45) is 10.7 Å². The molecule has 0 amide bonds. The fraction of sp³-hybridized carbons (Fsp3) is 0.533. The number of fused-ring (bicyclic) bond motifs is 1. The first-order valence-corrected chi connectivity index (χ1v) is 7.26. The molecule has 3 N–H and O–H groups in total. The highest BCUT2D eigenvalue weighted by Gasteiger charge is 2.14. The molecule has 1 aliphatic heterocycles. The second-order valence-electron chi connectivity index (χ2n) is 5.37. The van der Waals surface area contributed by atoms with Crippen LogP contribution in [-0.4, -0.2) is 18.8 Å². The molecule has 1 heterocycles. The third-order valence-electron chi connectivity index (χ3n) is 3.83. The number of hydrogen-bond acceptors (Lipinski definition) is 3. The molecular formula is C15H21N3O2. The van der Waals surface area contributed by atoms with E-state index in [-0.39, 0.29) is 0 Å². The van der Waals surface area contributed by atoms with Gasteiger partial charge in [-0.05, 0) is 30.5 Å². The highest BCUT2D eigenvalue weighted by Crippen LogP contribution is 2.32. The normalized spacial score (nSPS) is 19.1. The molecule has 0 spiro atoms. The minimum absolute atomic E-state index is 0.299. The molecular weight excluding hydrogens is 254 g/mol. The van der Waals surface area contributed by atoms with Gasteiger partial charge in [0, 0.05) is 6.04 Å². The van der Waals surface area contributed by atoms with Crippen molar-refractivity contribution in [1.29, 1.82) is 0 Å². The van der Waals surface area contributed by atoms with E-state index < -0.39 is 0 Å². The van der Waals surface area contributed by atoms with Crippen molar-refractivity contribution < 1.29 is 9.47 Å². The monoisotopic (exact) mass is 275 g/mol. The topological polar surface area (TPSA) is 68.9 Å². The molecule has 20 heavy (non-hydrogen) atoms. The summed E-state index contributed by atoms with van der Waals surface area (Å²) in [5.74, 6) is 2.12. The molecule has 1 saturated carbocycles. The van der Waals surface area contributed by atoms with E-state index in [0.717, 1.165) is 17.1 Å². The van der Waals surface area contributed by atoms with Gasteiger partial charge in [-0.1, -0.05) is 25.3 Å². The van der Waals surface area contributed by atoms with Crippen LogP contribution >= 0.6 is 0 Å². The molecule has 0 unspecified atom stereocenters. The Morgan fingerprint density at radius 1 is 1.20 bits per heavy atom.